The van der Waals surface area contributed by atoms with Crippen LogP contribution in [0.1, 0.15) is 11.3 Å². The van der Waals surface area contributed by atoms with Crippen LogP contribution in [-0.2, 0) is 0 Å². The van der Waals surface area contributed by atoms with E-state index >= 15 is 0 Å². The summed E-state index contributed by atoms with van der Waals surface area (Å²) in [4.78, 5) is 5.40. The normalized spacial score (nSPS) is 10.1. The van der Waals surface area contributed by atoms with Crippen LogP contribution in [0.15, 0.2) is 65.6 Å². The van der Waals surface area contributed by atoms with E-state index in [0.717, 1.165) is 33.3 Å². The maximum absolute atomic E-state index is 8.90. The molecule has 2 aromatic carbocycles. The second-order valence-electron chi connectivity index (χ2n) is 5.42. The van der Waals surface area contributed by atoms with Crippen molar-refractivity contribution in [1.82, 2.24) is 4.98 Å². The van der Waals surface area contributed by atoms with Crippen molar-refractivity contribution in [3.05, 3.63) is 71.9 Å². The van der Waals surface area contributed by atoms with E-state index < -0.39 is 0 Å². The highest BCUT2D eigenvalue weighted by atomic mass is 32.2. The number of pyridine rings is 1. The van der Waals surface area contributed by atoms with Crippen LogP contribution >= 0.6 is 11.9 Å². The van der Waals surface area contributed by atoms with Crippen molar-refractivity contribution in [2.45, 2.75) is 11.8 Å². The number of anilines is 1. The van der Waals surface area contributed by atoms with Crippen LogP contribution in [0.5, 0.6) is 5.75 Å². The van der Waals surface area contributed by atoms with Gasteiger partial charge in [0.05, 0.1) is 23.6 Å². The smallest absolute Gasteiger partial charge is 0.136 e. The van der Waals surface area contributed by atoms with Crippen molar-refractivity contribution in [2.75, 3.05) is 11.8 Å². The van der Waals surface area contributed by atoms with E-state index in [4.69, 9.17) is 10.00 Å². The van der Waals surface area contributed by atoms with Gasteiger partial charge in [-0.1, -0.05) is 24.3 Å². The van der Waals surface area contributed by atoms with Gasteiger partial charge in [0.15, 0.2) is 0 Å². The summed E-state index contributed by atoms with van der Waals surface area (Å²) in [6, 6.07) is 21.5. The standard InChI is InChI=1S/C20H17N3OS/c1-14-4-3-5-20(22-14)23-25-19-11-10-17(12-18(19)24-2)16-8-6-15(13-21)7-9-16/h3-12H,1-2H3,(H,22,23). The Morgan fingerprint density at radius 3 is 2.48 bits per heavy atom. The van der Waals surface area contributed by atoms with E-state index in [0.29, 0.717) is 5.56 Å². The Labute approximate surface area is 151 Å². The zero-order valence-corrected chi connectivity index (χ0v) is 14.8. The summed E-state index contributed by atoms with van der Waals surface area (Å²) in [7, 11) is 1.66. The average Bonchev–Trinajstić information content (AvgIpc) is 2.66. The van der Waals surface area contributed by atoms with Crippen LogP contribution in [0.2, 0.25) is 0 Å². The van der Waals surface area contributed by atoms with Gasteiger partial charge in [0.2, 0.25) is 0 Å². The molecule has 1 N–H and O–H groups in total. The molecule has 0 aliphatic rings. The van der Waals surface area contributed by atoms with Crippen molar-refractivity contribution in [3.63, 3.8) is 0 Å². The molecular formula is C20H17N3OS. The summed E-state index contributed by atoms with van der Waals surface area (Å²) in [5, 5.41) is 8.90. The molecule has 3 aromatic rings. The molecule has 0 unspecified atom stereocenters. The van der Waals surface area contributed by atoms with Crippen molar-refractivity contribution in [2.24, 2.45) is 0 Å². The number of nitrogens with one attached hydrogen (secondary N) is 1. The lowest BCUT2D eigenvalue weighted by Gasteiger charge is -2.11. The molecule has 0 fully saturated rings. The fourth-order valence-corrected chi connectivity index (χ4v) is 3.08. The SMILES string of the molecule is COc1cc(-c2ccc(C#N)cc2)ccc1SNc1cccc(C)n1. The van der Waals surface area contributed by atoms with Crippen LogP contribution in [0.4, 0.5) is 5.82 Å². The summed E-state index contributed by atoms with van der Waals surface area (Å²) in [6.45, 7) is 1.96. The van der Waals surface area contributed by atoms with Crippen LogP contribution in [-0.4, -0.2) is 12.1 Å². The zero-order chi connectivity index (χ0) is 17.6. The molecule has 25 heavy (non-hydrogen) atoms. The summed E-state index contributed by atoms with van der Waals surface area (Å²) in [5.41, 5.74) is 3.70. The second kappa shape index (κ2) is 7.73. The van der Waals surface area contributed by atoms with E-state index in [1.54, 1.807) is 7.11 Å². The molecule has 0 saturated heterocycles. The van der Waals surface area contributed by atoms with Crippen molar-refractivity contribution in [1.29, 1.82) is 5.26 Å². The first-order chi connectivity index (χ1) is 12.2. The highest BCUT2D eigenvalue weighted by Crippen LogP contribution is 2.34. The molecule has 4 nitrogen and oxygen atoms in total. The van der Waals surface area contributed by atoms with Gasteiger partial charge in [0, 0.05) is 5.69 Å². The summed E-state index contributed by atoms with van der Waals surface area (Å²) in [6.07, 6.45) is 0. The first kappa shape index (κ1) is 16.9. The third-order valence-electron chi connectivity index (χ3n) is 3.66. The maximum atomic E-state index is 8.90. The molecule has 124 valence electrons. The van der Waals surface area contributed by atoms with E-state index in [-0.39, 0.29) is 0 Å². The van der Waals surface area contributed by atoms with Crippen molar-refractivity contribution >= 4 is 17.8 Å². The Kier molecular flexibility index (Phi) is 5.22. The Morgan fingerprint density at radius 2 is 1.80 bits per heavy atom. The molecule has 5 heteroatoms. The number of rotatable bonds is 5. The van der Waals surface area contributed by atoms with E-state index in [1.165, 1.54) is 11.9 Å². The molecule has 0 amide bonds. The summed E-state index contributed by atoms with van der Waals surface area (Å²) < 4.78 is 8.77. The van der Waals surface area contributed by atoms with Gasteiger partial charge in [0.1, 0.15) is 11.6 Å². The molecule has 1 aromatic heterocycles. The van der Waals surface area contributed by atoms with Crippen LogP contribution in [0, 0.1) is 18.3 Å². The number of ether oxygens (including phenoxy) is 1. The van der Waals surface area contributed by atoms with Gasteiger partial charge >= 0.3 is 0 Å². The summed E-state index contributed by atoms with van der Waals surface area (Å²) in [5.74, 6) is 1.59. The van der Waals surface area contributed by atoms with Crippen molar-refractivity contribution < 1.29 is 4.74 Å². The first-order valence-corrected chi connectivity index (χ1v) is 8.56. The fraction of sp³-hybridized carbons (Fsp3) is 0.100. The molecule has 0 aliphatic heterocycles. The predicted molar refractivity (Wildman–Crippen MR) is 102 cm³/mol. The molecule has 0 spiro atoms. The molecule has 0 aliphatic carbocycles. The van der Waals surface area contributed by atoms with Gasteiger partial charge in [-0.05, 0) is 66.4 Å². The fourth-order valence-electron chi connectivity index (χ4n) is 2.38. The van der Waals surface area contributed by atoms with E-state index in [2.05, 4.69) is 15.8 Å². The third-order valence-corrected chi connectivity index (χ3v) is 4.53. The van der Waals surface area contributed by atoms with Gasteiger partial charge in [-0.25, -0.2) is 4.98 Å². The Balaban J connectivity index is 1.80. The van der Waals surface area contributed by atoms with Crippen LogP contribution in [0.3, 0.4) is 0 Å². The third kappa shape index (κ3) is 4.11. The lowest BCUT2D eigenvalue weighted by atomic mass is 10.0. The quantitative estimate of drug-likeness (QED) is 0.654. The highest BCUT2D eigenvalue weighted by molar-refractivity contribution is 8.00. The van der Waals surface area contributed by atoms with Gasteiger partial charge in [0.25, 0.3) is 0 Å². The minimum absolute atomic E-state index is 0.651. The molecule has 0 bridgehead atoms. The van der Waals surface area contributed by atoms with Crippen molar-refractivity contribution in [3.8, 4) is 22.9 Å². The number of hydrogen-bond acceptors (Lipinski definition) is 5. The number of benzene rings is 2. The minimum Gasteiger partial charge on any atom is -0.495 e. The second-order valence-corrected chi connectivity index (χ2v) is 6.27. The molecule has 0 radical (unpaired) electrons. The predicted octanol–water partition coefficient (Wildman–Crippen LogP) is 5.06. The molecule has 3 rings (SSSR count). The average molecular weight is 347 g/mol. The van der Waals surface area contributed by atoms with Crippen LogP contribution < -0.4 is 9.46 Å². The van der Waals surface area contributed by atoms with Gasteiger partial charge in [-0.15, -0.1) is 0 Å². The van der Waals surface area contributed by atoms with Crippen LogP contribution in [0.25, 0.3) is 11.1 Å². The molecule has 1 heterocycles. The first-order valence-electron chi connectivity index (χ1n) is 7.74. The molecule has 0 saturated carbocycles. The monoisotopic (exact) mass is 347 g/mol. The number of nitriles is 1. The largest absolute Gasteiger partial charge is 0.495 e. The lowest BCUT2D eigenvalue weighted by Crippen LogP contribution is -1.94. The topological polar surface area (TPSA) is 57.9 Å². The zero-order valence-electron chi connectivity index (χ0n) is 14.0. The number of methoxy groups -OCH3 is 1. The van der Waals surface area contributed by atoms with Gasteiger partial charge in [-0.2, -0.15) is 5.26 Å². The van der Waals surface area contributed by atoms with E-state index in [1.807, 2.05) is 67.6 Å². The maximum Gasteiger partial charge on any atom is 0.136 e. The van der Waals surface area contributed by atoms with E-state index in [9.17, 15) is 0 Å². The lowest BCUT2D eigenvalue weighted by molar-refractivity contribution is 0.405. The number of hydrogen-bond donors (Lipinski definition) is 1. The minimum atomic E-state index is 0.651. The Bertz CT molecular complexity index is 917. The van der Waals surface area contributed by atoms with Gasteiger partial charge in [-0.3, -0.25) is 0 Å². The summed E-state index contributed by atoms with van der Waals surface area (Å²) >= 11 is 1.46. The Morgan fingerprint density at radius 1 is 1.04 bits per heavy atom. The Hall–Kier alpha value is -2.97. The number of nitrogens with zero attached hydrogens (tertiary/aromatic N) is 2. The molecule has 0 atom stereocenters. The highest BCUT2D eigenvalue weighted by Gasteiger charge is 2.08. The van der Waals surface area contributed by atoms with Gasteiger partial charge < -0.3 is 9.46 Å². The number of aryl methyl sites for hydroxylation is 1. The number of aromatic nitrogens is 1. The molecular weight excluding hydrogens is 330 g/mol.